The summed E-state index contributed by atoms with van der Waals surface area (Å²) < 4.78 is 10.6. The van der Waals surface area contributed by atoms with Gasteiger partial charge in [0.1, 0.15) is 5.75 Å². The Bertz CT molecular complexity index is 1200. The van der Waals surface area contributed by atoms with Crippen molar-refractivity contribution in [1.82, 2.24) is 61.1 Å². The van der Waals surface area contributed by atoms with Gasteiger partial charge in [-0.2, -0.15) is 0 Å². The van der Waals surface area contributed by atoms with Crippen molar-refractivity contribution in [3.05, 3.63) is 51.5 Å². The van der Waals surface area contributed by atoms with E-state index in [9.17, 15) is 0 Å². The van der Waals surface area contributed by atoms with Crippen molar-refractivity contribution in [2.75, 3.05) is 85.6 Å². The van der Waals surface area contributed by atoms with Crippen LogP contribution in [0.3, 0.4) is 0 Å². The molecule has 0 spiro atoms. The summed E-state index contributed by atoms with van der Waals surface area (Å²) in [5, 5.41) is 32.3. The molecule has 1 aromatic carbocycles. The molecule has 2 fully saturated rings. The van der Waals surface area contributed by atoms with E-state index in [2.05, 4.69) is 92.1 Å². The van der Waals surface area contributed by atoms with Gasteiger partial charge in [0.25, 0.3) is 0 Å². The molecule has 0 bridgehead atoms. The van der Waals surface area contributed by atoms with Gasteiger partial charge in [-0.25, -0.2) is 9.36 Å². The van der Waals surface area contributed by atoms with E-state index in [0.717, 1.165) is 150 Å². The van der Waals surface area contributed by atoms with Crippen LogP contribution in [0.25, 0.3) is 0 Å². The van der Waals surface area contributed by atoms with E-state index in [1.807, 2.05) is 9.36 Å². The lowest BCUT2D eigenvalue weighted by atomic mass is 10.1. The molecular weight excluding hydrogens is 660 g/mol. The topological polar surface area (TPSA) is 125 Å². The number of aromatic nitrogens is 6. The minimum absolute atomic E-state index is 0.590. The van der Waals surface area contributed by atoms with Gasteiger partial charge in [0, 0.05) is 17.6 Å². The Balaban J connectivity index is 1.19. The Morgan fingerprint density at radius 2 is 0.979 bits per heavy atom. The van der Waals surface area contributed by atoms with Gasteiger partial charge >= 0.3 is 0 Å². The number of benzene rings is 1. The molecule has 0 unspecified atom stereocenters. The second kappa shape index (κ2) is 20.1. The molecule has 4 N–H and O–H groups in total. The second-order valence-corrected chi connectivity index (χ2v) is 13.5. The van der Waals surface area contributed by atoms with E-state index in [-0.39, 0.29) is 0 Å². The summed E-state index contributed by atoms with van der Waals surface area (Å²) in [6.45, 7) is 15.6. The fourth-order valence-corrected chi connectivity index (χ4v) is 6.76. The Hall–Kier alpha value is -2.46. The zero-order chi connectivity index (χ0) is 32.5. The lowest BCUT2D eigenvalue weighted by Crippen LogP contribution is -2.32. The van der Waals surface area contributed by atoms with Gasteiger partial charge in [0.05, 0.1) is 44.0 Å². The van der Waals surface area contributed by atoms with Gasteiger partial charge in [-0.15, -0.1) is 10.2 Å². The molecule has 47 heavy (non-hydrogen) atoms. The van der Waals surface area contributed by atoms with Gasteiger partial charge in [0.15, 0.2) is 0 Å². The summed E-state index contributed by atoms with van der Waals surface area (Å²) >= 11 is 3.90. The largest absolute Gasteiger partial charge is 0.497 e. The number of hydrogen-bond acceptors (Lipinski definition) is 11. The molecule has 2 aliphatic rings. The van der Waals surface area contributed by atoms with E-state index in [1.165, 1.54) is 12.8 Å². The first kappa shape index (κ1) is 35.8. The molecule has 0 radical (unpaired) electrons. The standard InChI is InChI=1S/C33H55BrN12O/c1-47-32-20-28(22-45-26-30(39-41-45)24-43-16-4-12-35-8-2-9-36-13-5-17-43)33(34)29(21-32)23-46-27-31(40-42-46)25-44-18-6-14-37-10-3-11-38-15-7-19-44/h20-21,26-27,35-38H,2-19,22-25H2,1H3. The molecule has 0 saturated carbocycles. The van der Waals surface area contributed by atoms with Crippen LogP contribution in [0.4, 0.5) is 0 Å². The van der Waals surface area contributed by atoms with Gasteiger partial charge < -0.3 is 26.0 Å². The maximum atomic E-state index is 5.71. The third-order valence-corrected chi connectivity index (χ3v) is 9.78. The number of ether oxygens (including phenoxy) is 1. The van der Waals surface area contributed by atoms with Gasteiger partial charge in [0.2, 0.25) is 0 Å². The van der Waals surface area contributed by atoms with Crippen LogP contribution < -0.4 is 26.0 Å². The first-order valence-corrected chi connectivity index (χ1v) is 18.4. The molecule has 13 nitrogen and oxygen atoms in total. The highest BCUT2D eigenvalue weighted by atomic mass is 79.9. The van der Waals surface area contributed by atoms with Crippen LogP contribution in [0.5, 0.6) is 5.75 Å². The average molecular weight is 716 g/mol. The van der Waals surface area contributed by atoms with E-state index in [0.29, 0.717) is 13.1 Å². The zero-order valence-electron chi connectivity index (χ0n) is 28.2. The Morgan fingerprint density at radius 1 is 0.596 bits per heavy atom. The van der Waals surface area contributed by atoms with E-state index < -0.39 is 0 Å². The maximum absolute atomic E-state index is 5.71. The van der Waals surface area contributed by atoms with Crippen molar-refractivity contribution in [3.63, 3.8) is 0 Å². The number of rotatable bonds is 9. The third-order valence-electron chi connectivity index (χ3n) is 8.77. The quantitative estimate of drug-likeness (QED) is 0.261. The first-order chi connectivity index (χ1) is 23.2. The predicted octanol–water partition coefficient (Wildman–Crippen LogP) is 2.07. The monoisotopic (exact) mass is 714 g/mol. The van der Waals surface area contributed by atoms with Crippen molar-refractivity contribution in [3.8, 4) is 5.75 Å². The van der Waals surface area contributed by atoms with E-state index in [4.69, 9.17) is 4.74 Å². The highest BCUT2D eigenvalue weighted by Crippen LogP contribution is 2.29. The van der Waals surface area contributed by atoms with Crippen LogP contribution in [0.2, 0.25) is 0 Å². The summed E-state index contributed by atoms with van der Waals surface area (Å²) in [6.07, 6.45) is 11.1. The molecule has 4 heterocycles. The molecule has 2 saturated heterocycles. The molecule has 260 valence electrons. The zero-order valence-corrected chi connectivity index (χ0v) is 29.8. The van der Waals surface area contributed by atoms with Crippen LogP contribution in [0.15, 0.2) is 29.0 Å². The van der Waals surface area contributed by atoms with Gasteiger partial charge in [-0.05, 0) is 140 Å². The number of methoxy groups -OCH3 is 1. The Morgan fingerprint density at radius 3 is 1.36 bits per heavy atom. The van der Waals surface area contributed by atoms with Gasteiger partial charge in [-0.3, -0.25) is 9.80 Å². The molecule has 3 aromatic rings. The first-order valence-electron chi connectivity index (χ1n) is 17.6. The normalized spacial score (nSPS) is 19.3. The number of halogens is 1. The third kappa shape index (κ3) is 12.5. The number of hydrogen-bond donors (Lipinski definition) is 4. The van der Waals surface area contributed by atoms with E-state index >= 15 is 0 Å². The van der Waals surface area contributed by atoms with Crippen molar-refractivity contribution in [1.29, 1.82) is 0 Å². The maximum Gasteiger partial charge on any atom is 0.119 e. The molecule has 2 aliphatic heterocycles. The lowest BCUT2D eigenvalue weighted by molar-refractivity contribution is 0.252. The predicted molar refractivity (Wildman–Crippen MR) is 189 cm³/mol. The summed E-state index contributed by atoms with van der Waals surface area (Å²) in [6, 6.07) is 4.14. The van der Waals surface area contributed by atoms with Crippen LogP contribution in [-0.2, 0) is 26.2 Å². The summed E-state index contributed by atoms with van der Waals surface area (Å²) in [5.74, 6) is 0.807. The molecule has 0 aliphatic carbocycles. The van der Waals surface area contributed by atoms with E-state index in [1.54, 1.807) is 7.11 Å². The summed E-state index contributed by atoms with van der Waals surface area (Å²) in [5.41, 5.74) is 4.16. The molecule has 14 heteroatoms. The Kier molecular flexibility index (Phi) is 15.4. The molecule has 5 rings (SSSR count). The average Bonchev–Trinajstić information content (AvgIpc) is 3.70. The molecule has 0 atom stereocenters. The molecule has 2 aromatic heterocycles. The van der Waals surface area contributed by atoms with Crippen molar-refractivity contribution in [2.24, 2.45) is 0 Å². The smallest absolute Gasteiger partial charge is 0.119 e. The van der Waals surface area contributed by atoms with Crippen LogP contribution in [0, 0.1) is 0 Å². The fourth-order valence-electron chi connectivity index (χ4n) is 6.28. The van der Waals surface area contributed by atoms with Gasteiger partial charge in [-0.1, -0.05) is 26.4 Å². The number of nitrogens with zero attached hydrogens (tertiary/aromatic N) is 8. The van der Waals surface area contributed by atoms with Crippen molar-refractivity contribution < 1.29 is 4.74 Å². The van der Waals surface area contributed by atoms with Crippen LogP contribution >= 0.6 is 15.9 Å². The highest BCUT2D eigenvalue weighted by molar-refractivity contribution is 9.10. The molecular formula is C33H55BrN12O. The minimum Gasteiger partial charge on any atom is -0.497 e. The summed E-state index contributed by atoms with van der Waals surface area (Å²) in [4.78, 5) is 5.00. The number of nitrogens with one attached hydrogen (secondary N) is 4. The minimum atomic E-state index is 0.590. The molecule has 0 amide bonds. The SMILES string of the molecule is COc1cc(Cn2cc(CN3CCCNCCCNCCC3)nn2)c(Br)c(Cn2cc(CN3CCCNCCCNCCC3)nn2)c1. The lowest BCUT2D eigenvalue weighted by Gasteiger charge is -2.22. The van der Waals surface area contributed by atoms with Crippen molar-refractivity contribution in [2.45, 2.75) is 64.7 Å². The summed E-state index contributed by atoms with van der Waals surface area (Å²) in [7, 11) is 1.71. The van der Waals surface area contributed by atoms with Crippen LogP contribution in [-0.4, -0.2) is 125 Å². The highest BCUT2D eigenvalue weighted by Gasteiger charge is 2.15. The fraction of sp³-hybridized carbons (Fsp3) is 0.697. The second-order valence-electron chi connectivity index (χ2n) is 12.7. The van der Waals surface area contributed by atoms with Crippen LogP contribution in [0.1, 0.15) is 61.0 Å². The van der Waals surface area contributed by atoms with Crippen molar-refractivity contribution >= 4 is 15.9 Å². The Labute approximate surface area is 288 Å².